The van der Waals surface area contributed by atoms with Gasteiger partial charge in [-0.15, -0.1) is 24.0 Å². The van der Waals surface area contributed by atoms with E-state index in [1.165, 1.54) is 36.8 Å². The third kappa shape index (κ3) is 6.04. The van der Waals surface area contributed by atoms with Gasteiger partial charge in [-0.3, -0.25) is 9.88 Å². The van der Waals surface area contributed by atoms with E-state index in [1.807, 2.05) is 12.3 Å². The van der Waals surface area contributed by atoms with Crippen molar-refractivity contribution in [1.82, 2.24) is 20.5 Å². The molecule has 1 saturated heterocycles. The first kappa shape index (κ1) is 21.9. The van der Waals surface area contributed by atoms with Gasteiger partial charge in [-0.2, -0.15) is 0 Å². The Labute approximate surface area is 180 Å². The molecular weight excluding hydrogens is 449 g/mol. The van der Waals surface area contributed by atoms with E-state index in [9.17, 15) is 0 Å². The Hall–Kier alpha value is -1.41. The van der Waals surface area contributed by atoms with Crippen molar-refractivity contribution in [2.45, 2.75) is 45.7 Å². The Bertz CT molecular complexity index is 728. The smallest absolute Gasteiger partial charge is 0.191 e. The summed E-state index contributed by atoms with van der Waals surface area (Å²) in [5, 5.41) is 8.11. The zero-order valence-corrected chi connectivity index (χ0v) is 18.8. The number of guanidine groups is 1. The summed E-state index contributed by atoms with van der Waals surface area (Å²) in [4.78, 5) is 11.8. The second kappa shape index (κ2) is 11.4. The molecule has 2 heterocycles. The second-order valence-electron chi connectivity index (χ2n) is 6.84. The zero-order chi connectivity index (χ0) is 18.2. The molecular formula is C21H32IN5. The summed E-state index contributed by atoms with van der Waals surface area (Å²) in [6, 6.07) is 10.9. The average molecular weight is 481 g/mol. The maximum Gasteiger partial charge on any atom is 0.191 e. The molecule has 1 unspecified atom stereocenters. The van der Waals surface area contributed by atoms with Crippen molar-refractivity contribution in [3.63, 3.8) is 0 Å². The van der Waals surface area contributed by atoms with E-state index in [4.69, 9.17) is 4.99 Å². The number of aliphatic imine (C=N–C) groups is 1. The van der Waals surface area contributed by atoms with Crippen LogP contribution in [0.4, 0.5) is 0 Å². The summed E-state index contributed by atoms with van der Waals surface area (Å²) in [6.07, 6.45) is 5.80. The van der Waals surface area contributed by atoms with E-state index in [-0.39, 0.29) is 24.0 Å². The predicted molar refractivity (Wildman–Crippen MR) is 125 cm³/mol. The molecule has 1 fully saturated rings. The minimum absolute atomic E-state index is 0. The van der Waals surface area contributed by atoms with E-state index in [0.29, 0.717) is 12.6 Å². The van der Waals surface area contributed by atoms with Gasteiger partial charge in [0.15, 0.2) is 5.96 Å². The molecule has 0 bridgehead atoms. The summed E-state index contributed by atoms with van der Waals surface area (Å²) in [5.74, 6) is 0.898. The molecule has 0 radical (unpaired) electrons. The molecule has 0 spiro atoms. The van der Waals surface area contributed by atoms with Crippen LogP contribution in [0.1, 0.15) is 38.7 Å². The number of hydrogen-bond acceptors (Lipinski definition) is 3. The van der Waals surface area contributed by atoms with Crippen molar-refractivity contribution in [2.24, 2.45) is 4.99 Å². The maximum absolute atomic E-state index is 4.82. The number of nitrogens with zero attached hydrogens (tertiary/aromatic N) is 3. The molecule has 1 aromatic heterocycles. The topological polar surface area (TPSA) is 52.6 Å². The van der Waals surface area contributed by atoms with Gasteiger partial charge in [-0.1, -0.05) is 31.5 Å². The number of likely N-dealkylation sites (tertiary alicyclic amines) is 1. The van der Waals surface area contributed by atoms with Gasteiger partial charge in [-0.25, -0.2) is 4.99 Å². The molecule has 2 N–H and O–H groups in total. The van der Waals surface area contributed by atoms with E-state index in [2.05, 4.69) is 58.6 Å². The number of benzene rings is 1. The van der Waals surface area contributed by atoms with Crippen LogP contribution in [0, 0.1) is 0 Å². The first-order chi connectivity index (χ1) is 12.8. The lowest BCUT2D eigenvalue weighted by atomic mass is 10.0. The Balaban J connectivity index is 0.00000261. The standard InChI is InChI=1S/C21H31N5.HI/c1-3-22-21(25-16-18-9-7-8-14-26(18)4-2)24-15-17-12-13-23-20-11-6-5-10-19(17)20;/h5-6,10-13,18H,3-4,7-9,14-16H2,1-2H3,(H2,22,24,25);1H. The Morgan fingerprint density at radius 3 is 2.85 bits per heavy atom. The van der Waals surface area contributed by atoms with Crippen molar-refractivity contribution >= 4 is 40.8 Å². The van der Waals surface area contributed by atoms with Crippen LogP contribution in [0.2, 0.25) is 0 Å². The molecule has 1 aliphatic heterocycles. The van der Waals surface area contributed by atoms with Crippen LogP contribution < -0.4 is 10.6 Å². The Morgan fingerprint density at radius 1 is 1.19 bits per heavy atom. The van der Waals surface area contributed by atoms with Crippen LogP contribution in [-0.2, 0) is 6.54 Å². The summed E-state index contributed by atoms with van der Waals surface area (Å²) < 4.78 is 0. The number of hydrogen-bond donors (Lipinski definition) is 2. The number of rotatable bonds is 6. The Morgan fingerprint density at radius 2 is 2.04 bits per heavy atom. The number of para-hydroxylation sites is 1. The van der Waals surface area contributed by atoms with Gasteiger partial charge in [0, 0.05) is 30.7 Å². The predicted octanol–water partition coefficient (Wildman–Crippen LogP) is 3.78. The van der Waals surface area contributed by atoms with Gasteiger partial charge < -0.3 is 10.6 Å². The number of nitrogens with one attached hydrogen (secondary N) is 2. The van der Waals surface area contributed by atoms with Crippen LogP contribution in [0.15, 0.2) is 41.5 Å². The Kier molecular flexibility index (Phi) is 9.27. The number of aromatic nitrogens is 1. The molecule has 1 aromatic carbocycles. The normalized spacial score (nSPS) is 18.1. The fourth-order valence-corrected chi connectivity index (χ4v) is 3.72. The third-order valence-electron chi connectivity index (χ3n) is 5.15. The molecule has 148 valence electrons. The van der Waals surface area contributed by atoms with E-state index in [0.717, 1.165) is 31.1 Å². The van der Waals surface area contributed by atoms with Crippen LogP contribution in [0.3, 0.4) is 0 Å². The second-order valence-corrected chi connectivity index (χ2v) is 6.84. The van der Waals surface area contributed by atoms with E-state index in [1.54, 1.807) is 0 Å². The number of fused-ring (bicyclic) bond motifs is 1. The van der Waals surface area contributed by atoms with Crippen LogP contribution in [0.25, 0.3) is 10.9 Å². The lowest BCUT2D eigenvalue weighted by Crippen LogP contribution is -2.49. The highest BCUT2D eigenvalue weighted by Gasteiger charge is 2.20. The van der Waals surface area contributed by atoms with Gasteiger partial charge in [0.2, 0.25) is 0 Å². The fourth-order valence-electron chi connectivity index (χ4n) is 3.72. The number of piperidine rings is 1. The maximum atomic E-state index is 4.82. The quantitative estimate of drug-likeness (QED) is 0.375. The van der Waals surface area contributed by atoms with Gasteiger partial charge in [0.05, 0.1) is 12.1 Å². The van der Waals surface area contributed by atoms with Gasteiger partial charge in [0.25, 0.3) is 0 Å². The van der Waals surface area contributed by atoms with Gasteiger partial charge >= 0.3 is 0 Å². The highest BCUT2D eigenvalue weighted by atomic mass is 127. The largest absolute Gasteiger partial charge is 0.357 e. The number of pyridine rings is 1. The van der Waals surface area contributed by atoms with Crippen molar-refractivity contribution in [3.8, 4) is 0 Å². The lowest BCUT2D eigenvalue weighted by Gasteiger charge is -2.35. The van der Waals surface area contributed by atoms with E-state index < -0.39 is 0 Å². The van der Waals surface area contributed by atoms with Crippen molar-refractivity contribution < 1.29 is 0 Å². The molecule has 0 aliphatic carbocycles. The van der Waals surface area contributed by atoms with E-state index >= 15 is 0 Å². The molecule has 27 heavy (non-hydrogen) atoms. The van der Waals surface area contributed by atoms with Gasteiger partial charge in [0.1, 0.15) is 0 Å². The van der Waals surface area contributed by atoms with Crippen LogP contribution in [0.5, 0.6) is 0 Å². The first-order valence-electron chi connectivity index (χ1n) is 9.90. The SMILES string of the molecule is CCNC(=NCc1ccnc2ccccc12)NCC1CCCCN1CC.I. The van der Waals surface area contributed by atoms with Crippen molar-refractivity contribution in [1.29, 1.82) is 0 Å². The third-order valence-corrected chi connectivity index (χ3v) is 5.15. The molecule has 1 atom stereocenters. The van der Waals surface area contributed by atoms with Crippen LogP contribution >= 0.6 is 24.0 Å². The van der Waals surface area contributed by atoms with Gasteiger partial charge in [-0.05, 0) is 50.6 Å². The first-order valence-corrected chi connectivity index (χ1v) is 9.90. The summed E-state index contributed by atoms with van der Waals surface area (Å²) in [7, 11) is 0. The monoisotopic (exact) mass is 481 g/mol. The van der Waals surface area contributed by atoms with Crippen LogP contribution in [-0.4, -0.2) is 48.1 Å². The minimum Gasteiger partial charge on any atom is -0.357 e. The van der Waals surface area contributed by atoms with Crippen molar-refractivity contribution in [2.75, 3.05) is 26.2 Å². The molecule has 6 heteroatoms. The highest BCUT2D eigenvalue weighted by molar-refractivity contribution is 14.0. The molecule has 1 aliphatic rings. The number of halogens is 1. The summed E-state index contributed by atoms with van der Waals surface area (Å²) >= 11 is 0. The molecule has 5 nitrogen and oxygen atoms in total. The minimum atomic E-state index is 0. The summed E-state index contributed by atoms with van der Waals surface area (Å²) in [6.45, 7) is 9.19. The van der Waals surface area contributed by atoms with Crippen molar-refractivity contribution in [3.05, 3.63) is 42.1 Å². The zero-order valence-electron chi connectivity index (χ0n) is 16.4. The summed E-state index contributed by atoms with van der Waals surface area (Å²) in [5.41, 5.74) is 2.24. The molecule has 3 rings (SSSR count). The molecule has 2 aromatic rings. The average Bonchev–Trinajstić information content (AvgIpc) is 2.70. The number of likely N-dealkylation sites (N-methyl/N-ethyl adjacent to an activating group) is 1. The highest BCUT2D eigenvalue weighted by Crippen LogP contribution is 2.17. The fraction of sp³-hybridized carbons (Fsp3) is 0.524. The molecule has 0 saturated carbocycles. The molecule has 0 amide bonds. The lowest BCUT2D eigenvalue weighted by molar-refractivity contribution is 0.157.